The minimum Gasteiger partial charge on any atom is -0.453 e. The molecule has 42 heavy (non-hydrogen) atoms. The molecule has 0 amide bonds. The molecule has 0 bridgehead atoms. The molecule has 8 nitrogen and oxygen atoms in total. The van der Waals surface area contributed by atoms with Crippen LogP contribution in [0.25, 0.3) is 20.9 Å². The predicted molar refractivity (Wildman–Crippen MR) is 160 cm³/mol. The third kappa shape index (κ3) is 7.14. The van der Waals surface area contributed by atoms with Gasteiger partial charge in [0.1, 0.15) is 23.1 Å². The summed E-state index contributed by atoms with van der Waals surface area (Å²) < 4.78 is 28.9. The topological polar surface area (TPSA) is 95.3 Å². The molecule has 1 N–H and O–H groups in total. The van der Waals surface area contributed by atoms with Gasteiger partial charge in [0, 0.05) is 52.4 Å². The molecule has 0 fully saturated rings. The van der Waals surface area contributed by atoms with Crippen LogP contribution in [-0.4, -0.2) is 46.4 Å². The number of thiophene rings is 1. The molecule has 0 aliphatic rings. The number of rotatable bonds is 14. The van der Waals surface area contributed by atoms with Crippen LogP contribution in [0.5, 0.6) is 11.5 Å². The van der Waals surface area contributed by atoms with Gasteiger partial charge >= 0.3 is 0 Å². The van der Waals surface area contributed by atoms with E-state index < -0.39 is 5.82 Å². The molecule has 3 heterocycles. The van der Waals surface area contributed by atoms with E-state index in [0.29, 0.717) is 24.5 Å². The van der Waals surface area contributed by atoms with Gasteiger partial charge < -0.3 is 19.4 Å². The lowest BCUT2D eigenvalue weighted by molar-refractivity contribution is -0.126. The highest BCUT2D eigenvalue weighted by Gasteiger charge is 2.17. The van der Waals surface area contributed by atoms with Gasteiger partial charge in [0.25, 0.3) is 0 Å². The zero-order chi connectivity index (χ0) is 29.5. The van der Waals surface area contributed by atoms with Crippen LogP contribution in [0.1, 0.15) is 23.2 Å². The van der Waals surface area contributed by atoms with Gasteiger partial charge in [-0.25, -0.2) is 9.37 Å². The summed E-state index contributed by atoms with van der Waals surface area (Å²) in [6.45, 7) is 2.04. The van der Waals surface area contributed by atoms with Gasteiger partial charge in [-0.3, -0.25) is 14.6 Å². The van der Waals surface area contributed by atoms with E-state index in [-0.39, 0.29) is 36.6 Å². The van der Waals surface area contributed by atoms with Crippen molar-refractivity contribution >= 4 is 33.1 Å². The highest BCUT2D eigenvalue weighted by molar-refractivity contribution is 7.22. The number of halogens is 1. The number of carbonyl (C=O) groups excluding carboxylic acids is 2. The Hall–Kier alpha value is -4.25. The largest absolute Gasteiger partial charge is 0.453 e. The zero-order valence-electron chi connectivity index (χ0n) is 23.4. The summed E-state index contributed by atoms with van der Waals surface area (Å²) in [5.41, 5.74) is 3.10. The van der Waals surface area contributed by atoms with E-state index in [0.717, 1.165) is 38.7 Å². The Labute approximate surface area is 247 Å². The molecule has 2 aromatic carbocycles. The molecule has 0 unspecified atom stereocenters. The van der Waals surface area contributed by atoms with Gasteiger partial charge in [-0.1, -0.05) is 36.4 Å². The number of hydrogen-bond acceptors (Lipinski definition) is 8. The van der Waals surface area contributed by atoms with Crippen molar-refractivity contribution in [3.8, 4) is 22.2 Å². The molecule has 5 aromatic rings. The SMILES string of the molecule is COCCNCc1cnc(-c2cc3nccc(Oc4ccc(CC(=O)CC(=O)Cc5ccccc5)cc4F)c3s2)n1C. The lowest BCUT2D eigenvalue weighted by Crippen LogP contribution is -2.20. The summed E-state index contributed by atoms with van der Waals surface area (Å²) >= 11 is 1.47. The maximum Gasteiger partial charge on any atom is 0.166 e. The van der Waals surface area contributed by atoms with Crippen molar-refractivity contribution in [2.24, 2.45) is 7.05 Å². The molecule has 10 heteroatoms. The maximum absolute atomic E-state index is 15.1. The van der Waals surface area contributed by atoms with Crippen LogP contribution in [0, 0.1) is 5.82 Å². The number of aromatic nitrogens is 3. The fraction of sp³-hybridized carbons (Fsp3) is 0.250. The number of carbonyl (C=O) groups is 2. The average Bonchev–Trinajstić information content (AvgIpc) is 3.56. The lowest BCUT2D eigenvalue weighted by Gasteiger charge is -2.09. The maximum atomic E-state index is 15.1. The van der Waals surface area contributed by atoms with Gasteiger partial charge in [-0.05, 0) is 29.3 Å². The molecule has 0 spiro atoms. The first-order chi connectivity index (χ1) is 20.4. The summed E-state index contributed by atoms with van der Waals surface area (Å²) in [5.74, 6) is 0.303. The number of hydrogen-bond donors (Lipinski definition) is 1. The second kappa shape index (κ2) is 13.6. The van der Waals surface area contributed by atoms with Crippen molar-refractivity contribution in [1.82, 2.24) is 19.9 Å². The van der Waals surface area contributed by atoms with Crippen LogP contribution in [0.3, 0.4) is 0 Å². The fourth-order valence-electron chi connectivity index (χ4n) is 4.59. The fourth-order valence-corrected chi connectivity index (χ4v) is 5.68. The average molecular weight is 587 g/mol. The van der Waals surface area contributed by atoms with Crippen molar-refractivity contribution in [3.05, 3.63) is 95.7 Å². The zero-order valence-corrected chi connectivity index (χ0v) is 24.2. The Morgan fingerprint density at radius 1 is 0.976 bits per heavy atom. The molecule has 3 aromatic heterocycles. The standard InChI is InChI=1S/C32H31FN4O4S/c1-37-23(19-34-12-13-40-2)20-36-32(37)30-18-27-31(42-30)29(10-11-35-27)41-28-9-8-22(16-26(28)33)15-25(39)17-24(38)14-21-6-4-3-5-7-21/h3-11,16,18,20,34H,12-15,17,19H2,1-2H3. The second-order valence-electron chi connectivity index (χ2n) is 9.90. The van der Waals surface area contributed by atoms with Crippen molar-refractivity contribution in [2.45, 2.75) is 25.8 Å². The number of imidazole rings is 1. The van der Waals surface area contributed by atoms with Crippen molar-refractivity contribution in [3.63, 3.8) is 0 Å². The van der Waals surface area contributed by atoms with E-state index in [1.165, 1.54) is 23.5 Å². The Morgan fingerprint density at radius 3 is 2.52 bits per heavy atom. The number of pyridine rings is 1. The Kier molecular flexibility index (Phi) is 9.48. The third-order valence-corrected chi connectivity index (χ3v) is 7.86. The van der Waals surface area contributed by atoms with Crippen molar-refractivity contribution < 1.29 is 23.5 Å². The monoisotopic (exact) mass is 586 g/mol. The number of ketones is 2. The van der Waals surface area contributed by atoms with Crippen LogP contribution >= 0.6 is 11.3 Å². The first-order valence-electron chi connectivity index (χ1n) is 13.5. The van der Waals surface area contributed by atoms with Crippen LogP contribution in [-0.2, 0) is 40.8 Å². The van der Waals surface area contributed by atoms with Crippen molar-refractivity contribution in [2.75, 3.05) is 20.3 Å². The van der Waals surface area contributed by atoms with Crippen LogP contribution in [0.15, 0.2) is 73.1 Å². The normalized spacial score (nSPS) is 11.2. The van der Waals surface area contributed by atoms with Gasteiger partial charge in [-0.2, -0.15) is 0 Å². The van der Waals surface area contributed by atoms with Crippen LogP contribution in [0.4, 0.5) is 4.39 Å². The molecule has 0 radical (unpaired) electrons. The first kappa shape index (κ1) is 29.2. The Morgan fingerprint density at radius 2 is 1.76 bits per heavy atom. The smallest absolute Gasteiger partial charge is 0.166 e. The number of fused-ring (bicyclic) bond motifs is 1. The lowest BCUT2D eigenvalue weighted by atomic mass is 10.0. The molecule has 0 atom stereocenters. The first-order valence-corrected chi connectivity index (χ1v) is 14.4. The number of benzene rings is 2. The van der Waals surface area contributed by atoms with E-state index in [1.54, 1.807) is 25.4 Å². The third-order valence-electron chi connectivity index (χ3n) is 6.73. The number of nitrogens with zero attached hydrogens (tertiary/aromatic N) is 3. The number of Topliss-reactive ketones (excluding diaryl/α,β-unsaturated/α-hetero) is 2. The molecule has 0 saturated carbocycles. The summed E-state index contributed by atoms with van der Waals surface area (Å²) in [7, 11) is 3.63. The Bertz CT molecular complexity index is 1700. The molecule has 5 rings (SSSR count). The van der Waals surface area contributed by atoms with E-state index in [1.807, 2.05) is 54.2 Å². The molecule has 0 saturated heterocycles. The van der Waals surface area contributed by atoms with Crippen LogP contribution in [0.2, 0.25) is 0 Å². The second-order valence-corrected chi connectivity index (χ2v) is 10.9. The van der Waals surface area contributed by atoms with Gasteiger partial charge in [-0.15, -0.1) is 11.3 Å². The van der Waals surface area contributed by atoms with E-state index >= 15 is 4.39 Å². The predicted octanol–water partition coefficient (Wildman–Crippen LogP) is 5.68. The number of nitrogens with one attached hydrogen (secondary N) is 1. The molecule has 0 aliphatic heterocycles. The number of methoxy groups -OCH3 is 1. The van der Waals surface area contributed by atoms with E-state index in [9.17, 15) is 9.59 Å². The minimum absolute atomic E-state index is 0.0287. The summed E-state index contributed by atoms with van der Waals surface area (Å²) in [6.07, 6.45) is 3.44. The quantitative estimate of drug-likeness (QED) is 0.132. The molecule has 0 aliphatic carbocycles. The highest BCUT2D eigenvalue weighted by Crippen LogP contribution is 2.39. The summed E-state index contributed by atoms with van der Waals surface area (Å²) in [5, 5.41) is 3.32. The molecular formula is C32H31FN4O4S. The minimum atomic E-state index is -0.590. The number of ether oxygens (including phenoxy) is 2. The summed E-state index contributed by atoms with van der Waals surface area (Å²) in [4.78, 5) is 34.7. The van der Waals surface area contributed by atoms with E-state index in [2.05, 4.69) is 15.3 Å². The Balaban J connectivity index is 1.25. The molecule has 216 valence electrons. The van der Waals surface area contributed by atoms with Crippen LogP contribution < -0.4 is 10.1 Å². The molecular weight excluding hydrogens is 555 g/mol. The van der Waals surface area contributed by atoms with E-state index in [4.69, 9.17) is 9.47 Å². The van der Waals surface area contributed by atoms with Gasteiger partial charge in [0.2, 0.25) is 0 Å². The van der Waals surface area contributed by atoms with Crippen molar-refractivity contribution in [1.29, 1.82) is 0 Å². The van der Waals surface area contributed by atoms with Gasteiger partial charge in [0.15, 0.2) is 11.6 Å². The highest BCUT2D eigenvalue weighted by atomic mass is 32.1. The summed E-state index contributed by atoms with van der Waals surface area (Å²) in [6, 6.07) is 17.4. The van der Waals surface area contributed by atoms with Gasteiger partial charge in [0.05, 0.1) is 40.0 Å².